The molecule has 2 aromatic rings. The molecule has 2 saturated heterocycles. The Morgan fingerprint density at radius 1 is 1.22 bits per heavy atom. The van der Waals surface area contributed by atoms with Crippen molar-refractivity contribution in [3.05, 3.63) is 59.2 Å². The smallest absolute Gasteiger partial charge is 0.254 e. The Hall–Kier alpha value is -3.17. The molecule has 0 radical (unpaired) electrons. The van der Waals surface area contributed by atoms with E-state index in [0.717, 1.165) is 60.0 Å². The third kappa shape index (κ3) is 3.67. The minimum atomic E-state index is -0.550. The molecule has 6 heteroatoms. The number of nitrogens with one attached hydrogen (secondary N) is 2. The first-order valence-electron chi connectivity index (χ1n) is 11.4. The summed E-state index contributed by atoms with van der Waals surface area (Å²) in [6, 6.07) is 15.8. The molecule has 1 atom stereocenters. The quantitative estimate of drug-likeness (QED) is 0.767. The van der Waals surface area contributed by atoms with Crippen LogP contribution in [0.1, 0.15) is 47.2 Å². The molecule has 2 N–H and O–H groups in total. The minimum Gasteiger partial charge on any atom is -0.338 e. The van der Waals surface area contributed by atoms with Gasteiger partial charge in [-0.05, 0) is 72.5 Å². The number of rotatable bonds is 5. The van der Waals surface area contributed by atoms with Crippen LogP contribution in [0.4, 0.5) is 0 Å². The second-order valence-electron chi connectivity index (χ2n) is 9.50. The Labute approximate surface area is 188 Å². The van der Waals surface area contributed by atoms with Gasteiger partial charge in [-0.3, -0.25) is 9.59 Å². The van der Waals surface area contributed by atoms with E-state index in [1.807, 2.05) is 43.4 Å². The number of amides is 2. The second kappa shape index (κ2) is 8.07. The summed E-state index contributed by atoms with van der Waals surface area (Å²) in [5.41, 5.74) is 4.49. The van der Waals surface area contributed by atoms with Crippen molar-refractivity contribution in [1.29, 1.82) is 5.26 Å². The lowest BCUT2D eigenvalue weighted by Crippen LogP contribution is -2.64. The summed E-state index contributed by atoms with van der Waals surface area (Å²) in [6.45, 7) is 1.54. The molecule has 0 aromatic heterocycles. The molecule has 0 spiro atoms. The largest absolute Gasteiger partial charge is 0.338 e. The Kier molecular flexibility index (Phi) is 5.22. The summed E-state index contributed by atoms with van der Waals surface area (Å²) in [4.78, 5) is 26.8. The van der Waals surface area contributed by atoms with Gasteiger partial charge in [-0.15, -0.1) is 0 Å². The molecule has 4 aliphatic rings. The van der Waals surface area contributed by atoms with Gasteiger partial charge in [0.1, 0.15) is 6.04 Å². The summed E-state index contributed by atoms with van der Waals surface area (Å²) < 4.78 is 0. The molecule has 3 aliphatic heterocycles. The van der Waals surface area contributed by atoms with Crippen LogP contribution < -0.4 is 10.6 Å². The Morgan fingerprint density at radius 2 is 1.94 bits per heavy atom. The summed E-state index contributed by atoms with van der Waals surface area (Å²) in [6.07, 6.45) is 4.38. The van der Waals surface area contributed by atoms with E-state index in [2.05, 4.69) is 22.8 Å². The van der Waals surface area contributed by atoms with E-state index in [0.29, 0.717) is 18.9 Å². The van der Waals surface area contributed by atoms with Gasteiger partial charge in [-0.2, -0.15) is 5.26 Å². The van der Waals surface area contributed by atoms with Crippen LogP contribution in [-0.4, -0.2) is 41.9 Å². The van der Waals surface area contributed by atoms with E-state index in [1.54, 1.807) is 4.90 Å². The summed E-state index contributed by atoms with van der Waals surface area (Å²) >= 11 is 0. The topological polar surface area (TPSA) is 85.2 Å². The van der Waals surface area contributed by atoms with Crippen LogP contribution in [0.25, 0.3) is 11.1 Å². The predicted octanol–water partition coefficient (Wildman–Crippen LogP) is 3.02. The third-order valence-corrected chi connectivity index (χ3v) is 7.40. The number of hydrogen-bond acceptors (Lipinski definition) is 4. The Morgan fingerprint density at radius 3 is 2.59 bits per heavy atom. The van der Waals surface area contributed by atoms with Crippen LogP contribution in [0, 0.1) is 17.2 Å². The maximum Gasteiger partial charge on any atom is 0.254 e. The van der Waals surface area contributed by atoms with Crippen molar-refractivity contribution in [3.63, 3.8) is 0 Å². The van der Waals surface area contributed by atoms with Gasteiger partial charge in [0, 0.05) is 25.6 Å². The van der Waals surface area contributed by atoms with Crippen molar-refractivity contribution in [2.75, 3.05) is 13.6 Å². The SMILES string of the molecule is CN1Cc2cc(-c3ccc(C[C@@H](C#N)NC(=O)C45CCC(CC4)CN5)cc3)ccc2C1=O. The average Bonchev–Trinajstić information content (AvgIpc) is 3.13. The highest BCUT2D eigenvalue weighted by Gasteiger charge is 2.46. The number of carbonyl (C=O) groups is 2. The number of fused-ring (bicyclic) bond motifs is 4. The van der Waals surface area contributed by atoms with Crippen LogP contribution in [0.2, 0.25) is 0 Å². The molecule has 6 nitrogen and oxygen atoms in total. The second-order valence-corrected chi connectivity index (χ2v) is 9.50. The number of nitrogens with zero attached hydrogens (tertiary/aromatic N) is 2. The highest BCUT2D eigenvalue weighted by atomic mass is 16.2. The first-order valence-corrected chi connectivity index (χ1v) is 11.4. The number of benzene rings is 2. The molecule has 1 aliphatic carbocycles. The number of nitriles is 1. The molecule has 3 heterocycles. The van der Waals surface area contributed by atoms with Gasteiger partial charge in [-0.25, -0.2) is 0 Å². The van der Waals surface area contributed by atoms with Gasteiger partial charge in [-0.1, -0.05) is 30.3 Å². The Balaban J connectivity index is 1.25. The highest BCUT2D eigenvalue weighted by molar-refractivity contribution is 5.98. The molecular formula is C26H28N4O2. The lowest BCUT2D eigenvalue weighted by atomic mass is 9.71. The zero-order valence-corrected chi connectivity index (χ0v) is 18.4. The van der Waals surface area contributed by atoms with Crippen molar-refractivity contribution in [2.45, 2.75) is 50.2 Å². The fourth-order valence-electron chi connectivity index (χ4n) is 5.34. The standard InChI is InChI=1S/C26H28N4O2/c1-30-16-21-13-20(6-7-23(21)24(30)31)19-4-2-17(3-5-19)12-22(14-27)29-25(32)26-10-8-18(9-11-26)15-28-26/h2-7,13,18,22,28H,8-12,15-16H2,1H3,(H,29,32)/t18?,22-,26?/m0/s1. The van der Waals surface area contributed by atoms with Crippen LogP contribution in [0.3, 0.4) is 0 Å². The van der Waals surface area contributed by atoms with Crippen LogP contribution in [-0.2, 0) is 17.8 Å². The fraction of sp³-hybridized carbons (Fsp3) is 0.423. The van der Waals surface area contributed by atoms with Crippen molar-refractivity contribution >= 4 is 11.8 Å². The summed E-state index contributed by atoms with van der Waals surface area (Å²) in [5, 5.41) is 16.1. The number of hydrogen-bond donors (Lipinski definition) is 2. The molecule has 2 aromatic carbocycles. The third-order valence-electron chi connectivity index (χ3n) is 7.40. The van der Waals surface area contributed by atoms with Gasteiger partial charge in [0.05, 0.1) is 11.6 Å². The monoisotopic (exact) mass is 428 g/mol. The van der Waals surface area contributed by atoms with Gasteiger partial charge in [0.25, 0.3) is 5.91 Å². The van der Waals surface area contributed by atoms with Crippen LogP contribution in [0.5, 0.6) is 0 Å². The molecule has 2 amide bonds. The fourth-order valence-corrected chi connectivity index (χ4v) is 5.34. The lowest BCUT2D eigenvalue weighted by Gasteiger charge is -2.46. The van der Waals surface area contributed by atoms with E-state index in [4.69, 9.17) is 0 Å². The van der Waals surface area contributed by atoms with Gasteiger partial charge >= 0.3 is 0 Å². The van der Waals surface area contributed by atoms with Crippen molar-refractivity contribution in [2.24, 2.45) is 5.92 Å². The minimum absolute atomic E-state index is 0.0310. The predicted molar refractivity (Wildman–Crippen MR) is 122 cm³/mol. The van der Waals surface area contributed by atoms with Crippen molar-refractivity contribution in [1.82, 2.24) is 15.5 Å². The van der Waals surface area contributed by atoms with Crippen LogP contribution >= 0.6 is 0 Å². The van der Waals surface area contributed by atoms with E-state index < -0.39 is 11.6 Å². The van der Waals surface area contributed by atoms with E-state index in [1.165, 1.54) is 0 Å². The zero-order valence-electron chi connectivity index (χ0n) is 18.4. The molecule has 1 saturated carbocycles. The molecule has 2 bridgehead atoms. The molecular weight excluding hydrogens is 400 g/mol. The lowest BCUT2D eigenvalue weighted by molar-refractivity contribution is -0.131. The average molecular weight is 429 g/mol. The maximum atomic E-state index is 13.0. The van der Waals surface area contributed by atoms with E-state index in [-0.39, 0.29) is 11.8 Å². The number of carbonyl (C=O) groups excluding carboxylic acids is 2. The Bertz CT molecular complexity index is 1080. The van der Waals surface area contributed by atoms with Crippen LogP contribution in [0.15, 0.2) is 42.5 Å². The first kappa shape index (κ1) is 20.7. The number of piperidine rings is 2. The van der Waals surface area contributed by atoms with Gasteiger partial charge in [0.15, 0.2) is 0 Å². The molecule has 164 valence electrons. The van der Waals surface area contributed by atoms with Crippen molar-refractivity contribution in [3.8, 4) is 17.2 Å². The van der Waals surface area contributed by atoms with Gasteiger partial charge < -0.3 is 15.5 Å². The van der Waals surface area contributed by atoms with Crippen molar-refractivity contribution < 1.29 is 9.59 Å². The van der Waals surface area contributed by atoms with E-state index >= 15 is 0 Å². The normalized spacial score (nSPS) is 24.7. The highest BCUT2D eigenvalue weighted by Crippen LogP contribution is 2.37. The molecule has 0 unspecified atom stereocenters. The molecule has 3 fully saturated rings. The zero-order chi connectivity index (χ0) is 22.3. The van der Waals surface area contributed by atoms with E-state index in [9.17, 15) is 14.9 Å². The molecule has 32 heavy (non-hydrogen) atoms. The summed E-state index contributed by atoms with van der Waals surface area (Å²) in [7, 11) is 1.82. The summed E-state index contributed by atoms with van der Waals surface area (Å²) in [5.74, 6) is 0.737. The molecule has 6 rings (SSSR count). The first-order chi connectivity index (χ1) is 15.5. The van der Waals surface area contributed by atoms with Gasteiger partial charge in [0.2, 0.25) is 5.91 Å². The maximum absolute atomic E-state index is 13.0.